The van der Waals surface area contributed by atoms with E-state index in [1.54, 1.807) is 24.4 Å². The van der Waals surface area contributed by atoms with Crippen molar-refractivity contribution in [3.8, 4) is 5.75 Å². The molecular weight excluding hydrogens is 126 g/mol. The van der Waals surface area contributed by atoms with Gasteiger partial charge in [-0.1, -0.05) is 12.1 Å². The molecule has 0 atom stereocenters. The maximum Gasteiger partial charge on any atom is 0.124 e. The molecule has 0 saturated heterocycles. The van der Waals surface area contributed by atoms with E-state index in [1.165, 1.54) is 0 Å². The van der Waals surface area contributed by atoms with E-state index in [-0.39, 0.29) is 5.75 Å². The molecule has 0 saturated carbocycles. The molecule has 2 nitrogen and oxygen atoms in total. The van der Waals surface area contributed by atoms with E-state index in [0.717, 1.165) is 5.39 Å². The van der Waals surface area contributed by atoms with Crippen molar-refractivity contribution in [2.24, 2.45) is 0 Å². The molecule has 0 aliphatic heterocycles. The quantitative estimate of drug-likeness (QED) is 0.567. The van der Waals surface area contributed by atoms with Crippen molar-refractivity contribution in [3.05, 3.63) is 30.6 Å². The first kappa shape index (κ1) is 4.39. The van der Waals surface area contributed by atoms with Crippen LogP contribution in [0, 0.1) is 0 Å². The van der Waals surface area contributed by atoms with Crippen LogP contribution in [0.5, 0.6) is 5.75 Å². The Morgan fingerprint density at radius 1 is 1.50 bits per heavy atom. The van der Waals surface area contributed by atoms with Crippen LogP contribution in [0.15, 0.2) is 30.6 Å². The van der Waals surface area contributed by atoms with Crippen molar-refractivity contribution in [2.75, 3.05) is 0 Å². The fourth-order valence-corrected chi connectivity index (χ4v) is 1.000. The largest absolute Gasteiger partial charge is 0.507 e. The number of hydrogen-bond donors (Lipinski definition) is 2. The second-order valence-electron chi connectivity index (χ2n) is 2.15. The maximum absolute atomic E-state index is 9.28. The van der Waals surface area contributed by atoms with Gasteiger partial charge in [-0.3, -0.25) is 0 Å². The minimum absolute atomic E-state index is 0.220. The predicted octanol–water partition coefficient (Wildman–Crippen LogP) is 1.87. The van der Waals surface area contributed by atoms with Gasteiger partial charge in [-0.15, -0.1) is 0 Å². The highest BCUT2D eigenvalue weighted by Gasteiger charge is 1.96. The highest BCUT2D eigenvalue weighted by molar-refractivity contribution is 5.87. The van der Waals surface area contributed by atoms with Gasteiger partial charge >= 0.3 is 0 Å². The average molecular weight is 134 g/mol. The van der Waals surface area contributed by atoms with Crippen molar-refractivity contribution in [1.29, 1.82) is 0 Å². The summed E-state index contributed by atoms with van der Waals surface area (Å²) in [5.41, 5.74) is 0. The number of benzene rings is 1. The standard InChI is InChI=1S/C8H7NO/c10-8-3-1-2-6-4-9-5-7(6)8/h1-5,9-10H/i4D. The fraction of sp³-hybridized carbons (Fsp3) is 0. The number of aromatic nitrogens is 1. The second kappa shape index (κ2) is 1.77. The Labute approximate surface area is 59.5 Å². The number of fused-ring (bicyclic) bond motifs is 1. The first-order valence-corrected chi connectivity index (χ1v) is 3.04. The number of aromatic hydroxyl groups is 1. The Morgan fingerprint density at radius 2 is 2.40 bits per heavy atom. The molecule has 10 heavy (non-hydrogen) atoms. The summed E-state index contributed by atoms with van der Waals surface area (Å²) >= 11 is 0. The summed E-state index contributed by atoms with van der Waals surface area (Å²) in [4.78, 5) is 2.72. The van der Waals surface area contributed by atoms with Gasteiger partial charge in [-0.2, -0.15) is 0 Å². The van der Waals surface area contributed by atoms with Crippen LogP contribution in [0.25, 0.3) is 10.8 Å². The highest BCUT2D eigenvalue weighted by atomic mass is 16.3. The summed E-state index contributed by atoms with van der Waals surface area (Å²) in [6, 6.07) is 5.13. The van der Waals surface area contributed by atoms with Crippen LogP contribution in [0.2, 0.25) is 0 Å². The lowest BCUT2D eigenvalue weighted by molar-refractivity contribution is 0.481. The normalized spacial score (nSPS) is 11.8. The molecule has 0 radical (unpaired) electrons. The lowest BCUT2D eigenvalue weighted by atomic mass is 10.2. The van der Waals surface area contributed by atoms with Gasteiger partial charge in [-0.25, -0.2) is 0 Å². The van der Waals surface area contributed by atoms with Gasteiger partial charge in [0.25, 0.3) is 0 Å². The van der Waals surface area contributed by atoms with Crippen LogP contribution < -0.4 is 0 Å². The molecule has 2 rings (SSSR count). The van der Waals surface area contributed by atoms with Gasteiger partial charge in [0.15, 0.2) is 0 Å². The van der Waals surface area contributed by atoms with Crippen molar-refractivity contribution >= 4 is 10.8 Å². The van der Waals surface area contributed by atoms with Gasteiger partial charge in [0.1, 0.15) is 5.75 Å². The minimum Gasteiger partial charge on any atom is -0.507 e. The first-order valence-electron chi connectivity index (χ1n) is 3.54. The number of nitrogens with one attached hydrogen (secondary N) is 1. The van der Waals surface area contributed by atoms with Gasteiger partial charge in [0.2, 0.25) is 0 Å². The van der Waals surface area contributed by atoms with Crippen LogP contribution in [0.4, 0.5) is 0 Å². The third kappa shape index (κ3) is 0.589. The molecule has 1 aromatic carbocycles. The summed E-state index contributed by atoms with van der Waals surface area (Å²) in [5.74, 6) is 0.220. The molecule has 0 fully saturated rings. The number of phenolic OH excluding ortho intramolecular Hbond substituents is 1. The van der Waals surface area contributed by atoms with E-state index in [1.807, 2.05) is 0 Å². The van der Waals surface area contributed by atoms with E-state index in [2.05, 4.69) is 4.98 Å². The van der Waals surface area contributed by atoms with Crippen LogP contribution >= 0.6 is 0 Å². The van der Waals surface area contributed by atoms with E-state index in [0.29, 0.717) is 11.6 Å². The SMILES string of the molecule is [2H]c1[nH]cc2c(O)cccc12. The fourth-order valence-electron chi connectivity index (χ4n) is 1.000. The lowest BCUT2D eigenvalue weighted by Gasteiger charge is -1.90. The van der Waals surface area contributed by atoms with Gasteiger partial charge in [0, 0.05) is 23.1 Å². The topological polar surface area (TPSA) is 36.0 Å². The summed E-state index contributed by atoms with van der Waals surface area (Å²) in [6.07, 6.45) is 1.98. The zero-order chi connectivity index (χ0) is 7.84. The van der Waals surface area contributed by atoms with Crippen molar-refractivity contribution in [2.45, 2.75) is 0 Å². The van der Waals surface area contributed by atoms with E-state index >= 15 is 0 Å². The molecule has 1 heterocycles. The Morgan fingerprint density at radius 3 is 3.20 bits per heavy atom. The van der Waals surface area contributed by atoms with E-state index < -0.39 is 0 Å². The average Bonchev–Trinajstić information content (AvgIpc) is 2.35. The number of H-pyrrole nitrogens is 1. The highest BCUT2D eigenvalue weighted by Crippen LogP contribution is 2.22. The molecule has 2 aromatic rings. The van der Waals surface area contributed by atoms with Crippen LogP contribution in [0.1, 0.15) is 1.37 Å². The van der Waals surface area contributed by atoms with Gasteiger partial charge in [-0.05, 0) is 6.07 Å². The minimum atomic E-state index is 0.220. The van der Waals surface area contributed by atoms with Crippen LogP contribution in [-0.2, 0) is 0 Å². The molecule has 0 spiro atoms. The third-order valence-electron chi connectivity index (χ3n) is 1.51. The summed E-state index contributed by atoms with van der Waals surface area (Å²) in [6.45, 7) is 0. The number of phenols is 1. The molecule has 1 aromatic heterocycles. The summed E-state index contributed by atoms with van der Waals surface area (Å²) in [7, 11) is 0. The Kier molecular flexibility index (Phi) is 0.776. The predicted molar refractivity (Wildman–Crippen MR) is 40.0 cm³/mol. The Hall–Kier alpha value is -1.44. The van der Waals surface area contributed by atoms with E-state index in [9.17, 15) is 5.11 Å². The molecule has 50 valence electrons. The van der Waals surface area contributed by atoms with Crippen molar-refractivity contribution in [1.82, 2.24) is 4.98 Å². The number of hydrogen-bond acceptors (Lipinski definition) is 1. The molecule has 2 N–H and O–H groups in total. The Balaban J connectivity index is 2.94. The lowest BCUT2D eigenvalue weighted by Crippen LogP contribution is -1.63. The molecule has 0 amide bonds. The number of rotatable bonds is 0. The van der Waals surface area contributed by atoms with Crippen LogP contribution in [-0.4, -0.2) is 10.1 Å². The van der Waals surface area contributed by atoms with Gasteiger partial charge in [0.05, 0.1) is 1.37 Å². The third-order valence-corrected chi connectivity index (χ3v) is 1.51. The smallest absolute Gasteiger partial charge is 0.124 e. The first-order chi connectivity index (χ1) is 5.29. The molecule has 2 heteroatoms. The molecule has 0 aliphatic rings. The Bertz CT molecular complexity index is 394. The molecule has 0 aliphatic carbocycles. The van der Waals surface area contributed by atoms with E-state index in [4.69, 9.17) is 1.37 Å². The zero-order valence-corrected chi connectivity index (χ0v) is 5.26. The van der Waals surface area contributed by atoms with Crippen molar-refractivity contribution in [3.63, 3.8) is 0 Å². The number of aromatic amines is 1. The second-order valence-corrected chi connectivity index (χ2v) is 2.15. The van der Waals surface area contributed by atoms with Gasteiger partial charge < -0.3 is 10.1 Å². The zero-order valence-electron chi connectivity index (χ0n) is 6.26. The van der Waals surface area contributed by atoms with Crippen LogP contribution in [0.3, 0.4) is 0 Å². The monoisotopic (exact) mass is 134 g/mol. The molecule has 0 bridgehead atoms. The molecular formula is C8H7NO. The maximum atomic E-state index is 9.28. The van der Waals surface area contributed by atoms with Crippen molar-refractivity contribution < 1.29 is 6.48 Å². The summed E-state index contributed by atoms with van der Waals surface area (Å²) < 4.78 is 7.37. The molecule has 0 unspecified atom stereocenters. The summed E-state index contributed by atoms with van der Waals surface area (Å²) in [5, 5.41) is 10.7.